The maximum atomic E-state index is 13.2. The van der Waals surface area contributed by atoms with Gasteiger partial charge >= 0.3 is 0 Å². The van der Waals surface area contributed by atoms with Crippen LogP contribution in [0.1, 0.15) is 22.0 Å². The quantitative estimate of drug-likeness (QED) is 0.833. The zero-order chi connectivity index (χ0) is 18.7. The lowest BCUT2D eigenvalue weighted by Gasteiger charge is -2.35. The lowest BCUT2D eigenvalue weighted by atomic mass is 10.1. The van der Waals surface area contributed by atoms with Gasteiger partial charge in [-0.3, -0.25) is 4.79 Å². The molecule has 2 aromatic rings. The van der Waals surface area contributed by atoms with Gasteiger partial charge in [0.15, 0.2) is 0 Å². The van der Waals surface area contributed by atoms with E-state index in [1.165, 1.54) is 35.6 Å². The summed E-state index contributed by atoms with van der Waals surface area (Å²) in [4.78, 5) is 11.8. The number of rotatable bonds is 4. The highest BCUT2D eigenvalue weighted by Crippen LogP contribution is 2.30. The Kier molecular flexibility index (Phi) is 5.62. The number of carbonyl (C=O) groups is 1. The third-order valence-electron chi connectivity index (χ3n) is 4.38. The van der Waals surface area contributed by atoms with Crippen molar-refractivity contribution >= 4 is 27.5 Å². The van der Waals surface area contributed by atoms with Gasteiger partial charge in [-0.1, -0.05) is 23.7 Å². The number of halogens is 1. The molecule has 26 heavy (non-hydrogen) atoms. The highest BCUT2D eigenvalue weighted by molar-refractivity contribution is 7.89. The Hall–Kier alpha value is -1.93. The number of amides is 1. The summed E-state index contributed by atoms with van der Waals surface area (Å²) in [6.07, 6.45) is 0. The van der Waals surface area contributed by atoms with Crippen molar-refractivity contribution in [3.05, 3.63) is 64.7 Å². The summed E-state index contributed by atoms with van der Waals surface area (Å²) >= 11 is 6.08. The van der Waals surface area contributed by atoms with Crippen LogP contribution in [-0.4, -0.2) is 45.3 Å². The van der Waals surface area contributed by atoms with E-state index in [4.69, 9.17) is 11.6 Å². The topological polar surface area (TPSA) is 78.5 Å². The molecule has 2 N–H and O–H groups in total. The first-order valence-electron chi connectivity index (χ1n) is 8.23. The average Bonchev–Trinajstić information content (AvgIpc) is 2.67. The van der Waals surface area contributed by atoms with Gasteiger partial charge in [0.2, 0.25) is 10.0 Å². The minimum atomic E-state index is -3.70. The SMILES string of the molecule is CNC(=O)c1ccc(S(=O)(=O)N2CCNCC2c2cccc(Cl)c2)cc1. The van der Waals surface area contributed by atoms with Crippen LogP contribution in [0, 0.1) is 0 Å². The third-order valence-corrected chi connectivity index (χ3v) is 6.54. The number of nitrogens with one attached hydrogen (secondary N) is 2. The number of carbonyl (C=O) groups excluding carboxylic acids is 1. The number of hydrogen-bond donors (Lipinski definition) is 2. The zero-order valence-corrected chi connectivity index (χ0v) is 15.8. The van der Waals surface area contributed by atoms with E-state index in [2.05, 4.69) is 10.6 Å². The third kappa shape index (κ3) is 3.76. The van der Waals surface area contributed by atoms with Crippen LogP contribution in [-0.2, 0) is 10.0 Å². The summed E-state index contributed by atoms with van der Waals surface area (Å²) in [5.74, 6) is -0.257. The Morgan fingerprint density at radius 2 is 1.96 bits per heavy atom. The number of hydrogen-bond acceptors (Lipinski definition) is 4. The standard InChI is InChI=1S/C18H20ClN3O3S/c1-20-18(23)13-5-7-16(8-6-13)26(24,25)22-10-9-21-12-17(22)14-3-2-4-15(19)11-14/h2-8,11,17,21H,9-10,12H2,1H3,(H,20,23). The molecule has 6 nitrogen and oxygen atoms in total. The monoisotopic (exact) mass is 393 g/mol. The second-order valence-corrected chi connectivity index (χ2v) is 8.32. The van der Waals surface area contributed by atoms with Gasteiger partial charge in [-0.2, -0.15) is 4.31 Å². The molecule has 138 valence electrons. The van der Waals surface area contributed by atoms with E-state index in [0.29, 0.717) is 30.2 Å². The molecular weight excluding hydrogens is 374 g/mol. The molecule has 2 aromatic carbocycles. The van der Waals surface area contributed by atoms with Crippen molar-refractivity contribution in [2.45, 2.75) is 10.9 Å². The van der Waals surface area contributed by atoms with Gasteiger partial charge in [-0.15, -0.1) is 0 Å². The van der Waals surface area contributed by atoms with Crippen LogP contribution in [0.25, 0.3) is 0 Å². The Morgan fingerprint density at radius 1 is 1.23 bits per heavy atom. The number of sulfonamides is 1. The molecule has 0 aromatic heterocycles. The minimum Gasteiger partial charge on any atom is -0.355 e. The van der Waals surface area contributed by atoms with Crippen molar-refractivity contribution in [1.29, 1.82) is 0 Å². The predicted molar refractivity (Wildman–Crippen MR) is 101 cm³/mol. The van der Waals surface area contributed by atoms with E-state index < -0.39 is 10.0 Å². The van der Waals surface area contributed by atoms with E-state index in [-0.39, 0.29) is 16.8 Å². The normalized spacial score (nSPS) is 18.5. The highest BCUT2D eigenvalue weighted by atomic mass is 35.5. The molecule has 1 aliphatic heterocycles. The van der Waals surface area contributed by atoms with Gasteiger partial charge in [-0.05, 0) is 42.0 Å². The van der Waals surface area contributed by atoms with E-state index in [1.54, 1.807) is 12.1 Å². The van der Waals surface area contributed by atoms with Crippen molar-refractivity contribution in [1.82, 2.24) is 14.9 Å². The van der Waals surface area contributed by atoms with Crippen LogP contribution >= 0.6 is 11.6 Å². The predicted octanol–water partition coefficient (Wildman–Crippen LogP) is 2.03. The van der Waals surface area contributed by atoms with Crippen LogP contribution in [0.2, 0.25) is 5.02 Å². The summed E-state index contributed by atoms with van der Waals surface area (Å²) in [6.45, 7) is 1.44. The number of nitrogens with zero attached hydrogens (tertiary/aromatic N) is 1. The van der Waals surface area contributed by atoms with E-state index >= 15 is 0 Å². The molecule has 0 spiro atoms. The Morgan fingerprint density at radius 3 is 2.62 bits per heavy atom. The lowest BCUT2D eigenvalue weighted by Crippen LogP contribution is -2.48. The smallest absolute Gasteiger partial charge is 0.251 e. The molecular formula is C18H20ClN3O3S. The molecule has 1 heterocycles. The molecule has 0 bridgehead atoms. The van der Waals surface area contributed by atoms with E-state index in [0.717, 1.165) is 5.56 Å². The average molecular weight is 394 g/mol. The van der Waals surface area contributed by atoms with Gasteiger partial charge in [0.1, 0.15) is 0 Å². The summed E-state index contributed by atoms with van der Waals surface area (Å²) in [6, 6.07) is 12.9. The molecule has 8 heteroatoms. The van der Waals surface area contributed by atoms with Crippen LogP contribution in [0.4, 0.5) is 0 Å². The fourth-order valence-corrected chi connectivity index (χ4v) is 4.84. The Bertz CT molecular complexity index is 900. The summed E-state index contributed by atoms with van der Waals surface area (Å²) < 4.78 is 27.8. The van der Waals surface area contributed by atoms with Gasteiger partial charge < -0.3 is 10.6 Å². The highest BCUT2D eigenvalue weighted by Gasteiger charge is 2.34. The van der Waals surface area contributed by atoms with E-state index in [9.17, 15) is 13.2 Å². The lowest BCUT2D eigenvalue weighted by molar-refractivity contribution is 0.0963. The number of benzene rings is 2. The maximum Gasteiger partial charge on any atom is 0.251 e. The first-order chi connectivity index (χ1) is 12.4. The van der Waals surface area contributed by atoms with Crippen molar-refractivity contribution < 1.29 is 13.2 Å². The number of piperazine rings is 1. The first kappa shape index (κ1) is 18.8. The molecule has 0 radical (unpaired) electrons. The second kappa shape index (κ2) is 7.75. The van der Waals surface area contributed by atoms with Gasteiger partial charge in [0.05, 0.1) is 10.9 Å². The summed E-state index contributed by atoms with van der Waals surface area (Å²) in [7, 11) is -2.17. The first-order valence-corrected chi connectivity index (χ1v) is 10.1. The van der Waals surface area contributed by atoms with Gasteiger partial charge in [0.25, 0.3) is 5.91 Å². The van der Waals surface area contributed by atoms with Crippen LogP contribution in [0.15, 0.2) is 53.4 Å². The van der Waals surface area contributed by atoms with Crippen LogP contribution < -0.4 is 10.6 Å². The maximum absolute atomic E-state index is 13.2. The fraction of sp³-hybridized carbons (Fsp3) is 0.278. The fourth-order valence-electron chi connectivity index (χ4n) is 3.03. The largest absolute Gasteiger partial charge is 0.355 e. The summed E-state index contributed by atoms with van der Waals surface area (Å²) in [5, 5.41) is 6.32. The molecule has 1 unspecified atom stereocenters. The van der Waals surface area contributed by atoms with Crippen LogP contribution in [0.3, 0.4) is 0 Å². The van der Waals surface area contributed by atoms with Crippen molar-refractivity contribution in [2.75, 3.05) is 26.7 Å². The van der Waals surface area contributed by atoms with Crippen molar-refractivity contribution in [3.63, 3.8) is 0 Å². The molecule has 0 saturated carbocycles. The minimum absolute atomic E-state index is 0.166. The molecule has 1 amide bonds. The zero-order valence-electron chi connectivity index (χ0n) is 14.3. The Labute approximate surface area is 158 Å². The molecule has 3 rings (SSSR count). The van der Waals surface area contributed by atoms with Crippen LogP contribution in [0.5, 0.6) is 0 Å². The Balaban J connectivity index is 1.94. The molecule has 1 saturated heterocycles. The molecule has 1 atom stereocenters. The van der Waals surface area contributed by atoms with E-state index in [1.807, 2.05) is 12.1 Å². The van der Waals surface area contributed by atoms with Gasteiger partial charge in [0, 0.05) is 37.3 Å². The molecule has 1 fully saturated rings. The van der Waals surface area contributed by atoms with Crippen molar-refractivity contribution in [2.24, 2.45) is 0 Å². The second-order valence-electron chi connectivity index (χ2n) is 5.99. The van der Waals surface area contributed by atoms with Crippen molar-refractivity contribution in [3.8, 4) is 0 Å². The molecule has 0 aliphatic carbocycles. The van der Waals surface area contributed by atoms with Gasteiger partial charge in [-0.25, -0.2) is 8.42 Å². The molecule has 1 aliphatic rings. The summed E-state index contributed by atoms with van der Waals surface area (Å²) in [5.41, 5.74) is 1.26.